The number of benzene rings is 2. The van der Waals surface area contributed by atoms with Crippen LogP contribution in [0.4, 0.5) is 11.6 Å². The van der Waals surface area contributed by atoms with Gasteiger partial charge in [0.25, 0.3) is 0 Å². The molecule has 8 nitrogen and oxygen atoms in total. The van der Waals surface area contributed by atoms with E-state index in [1.54, 1.807) is 12.2 Å². The monoisotopic (exact) mass is 609 g/mol. The molecule has 1 spiro atoms. The summed E-state index contributed by atoms with van der Waals surface area (Å²) in [5, 5.41) is 5.16. The van der Waals surface area contributed by atoms with Crippen molar-refractivity contribution in [1.29, 1.82) is 0 Å². The molecule has 8 bridgehead atoms. The molecule has 2 atom stereocenters. The fraction of sp³-hybridized carbons (Fsp3) is 0.176. The molecule has 1 radical (unpaired) electrons. The average Bonchev–Trinajstić information content (AvgIpc) is 3.29. The van der Waals surface area contributed by atoms with Crippen molar-refractivity contribution in [3.63, 3.8) is 0 Å². The average molecular weight is 610 g/mol. The smallest absolute Gasteiger partial charge is 0.440 e. The summed E-state index contributed by atoms with van der Waals surface area (Å²) in [7, 11) is 2.07. The molecule has 3 aromatic rings. The molecule has 1 fully saturated rings. The van der Waals surface area contributed by atoms with E-state index in [1.165, 1.54) is 5.56 Å². The third kappa shape index (κ3) is 3.43. The van der Waals surface area contributed by atoms with Crippen LogP contribution in [0.15, 0.2) is 111 Å². The molecule has 0 N–H and O–H groups in total. The van der Waals surface area contributed by atoms with E-state index < -0.39 is 5.66 Å². The summed E-state index contributed by atoms with van der Waals surface area (Å²) in [4.78, 5) is 30.1. The predicted octanol–water partition coefficient (Wildman–Crippen LogP) is 5.92. The van der Waals surface area contributed by atoms with E-state index in [4.69, 9.17) is 30.3 Å². The number of aromatic nitrogens is 1. The van der Waals surface area contributed by atoms with Gasteiger partial charge in [-0.05, 0) is 40.7 Å². The van der Waals surface area contributed by atoms with Gasteiger partial charge in [-0.15, -0.1) is 0 Å². The molecule has 9 rings (SSSR count). The number of amidine groups is 4. The third-order valence-electron chi connectivity index (χ3n) is 9.00. The van der Waals surface area contributed by atoms with Gasteiger partial charge in [0.1, 0.15) is 11.5 Å². The van der Waals surface area contributed by atoms with Gasteiger partial charge in [-0.2, -0.15) is 0 Å². The van der Waals surface area contributed by atoms with E-state index in [2.05, 4.69) is 78.6 Å². The van der Waals surface area contributed by atoms with Crippen molar-refractivity contribution < 1.29 is 17.1 Å². The van der Waals surface area contributed by atoms with Crippen molar-refractivity contribution in [2.24, 2.45) is 20.0 Å². The van der Waals surface area contributed by atoms with Gasteiger partial charge in [-0.1, -0.05) is 91.8 Å². The summed E-state index contributed by atoms with van der Waals surface area (Å²) in [5.41, 5.74) is 7.71. The number of allylic oxidation sites excluding steroid dienone is 1. The summed E-state index contributed by atoms with van der Waals surface area (Å²) in [6.07, 6.45) is 9.49. The second kappa shape index (κ2) is 9.14. The SMILES string of the molecule is C=CC1=C(C=C)/C2=N/c3[n-]c(c4c3CCC=C4)N3CC34N=C(c3ccccc34)N(C)C3[N-]C(=NC1=N2)c1ccccc13.[Cu+2]. The molecule has 1 saturated heterocycles. The van der Waals surface area contributed by atoms with Crippen LogP contribution in [0, 0.1) is 0 Å². The Hall–Kier alpha value is -4.72. The molecule has 213 valence electrons. The van der Waals surface area contributed by atoms with Crippen LogP contribution in [0.3, 0.4) is 0 Å². The largest absolute Gasteiger partial charge is 2.00 e. The molecule has 0 saturated carbocycles. The molecular weight excluding hydrogens is 584 g/mol. The van der Waals surface area contributed by atoms with Crippen LogP contribution in [-0.4, -0.2) is 41.8 Å². The van der Waals surface area contributed by atoms with Crippen molar-refractivity contribution in [2.75, 3.05) is 18.5 Å². The Morgan fingerprint density at radius 3 is 2.51 bits per heavy atom. The molecule has 5 aliphatic heterocycles. The van der Waals surface area contributed by atoms with Gasteiger partial charge in [0, 0.05) is 41.9 Å². The van der Waals surface area contributed by atoms with Crippen LogP contribution >= 0.6 is 0 Å². The zero-order chi connectivity index (χ0) is 28.2. The van der Waals surface area contributed by atoms with Gasteiger partial charge in [0.2, 0.25) is 0 Å². The van der Waals surface area contributed by atoms with E-state index in [0.29, 0.717) is 23.3 Å². The number of aliphatic imine (C=N–C) groups is 4. The topological polar surface area (TPSA) is 83.9 Å². The van der Waals surface area contributed by atoms with E-state index >= 15 is 0 Å². The second-order valence-electron chi connectivity index (χ2n) is 11.2. The number of rotatable bonds is 2. The first-order valence-electron chi connectivity index (χ1n) is 14.2. The first kappa shape index (κ1) is 25.9. The number of anilines is 1. The van der Waals surface area contributed by atoms with Crippen molar-refractivity contribution in [1.82, 2.24) is 9.88 Å². The van der Waals surface area contributed by atoms with Crippen LogP contribution in [0.2, 0.25) is 0 Å². The number of nitrogens with zero attached hydrogens (tertiary/aromatic N) is 8. The zero-order valence-corrected chi connectivity index (χ0v) is 24.4. The van der Waals surface area contributed by atoms with Crippen molar-refractivity contribution in [3.05, 3.63) is 130 Å². The molecule has 2 aromatic carbocycles. The number of hydrogen-bond acceptors (Lipinski definition) is 6. The Balaban J connectivity index is 0.00000278. The van der Waals surface area contributed by atoms with Crippen LogP contribution in [0.1, 0.15) is 46.0 Å². The zero-order valence-electron chi connectivity index (χ0n) is 23.4. The maximum absolute atomic E-state index is 5.45. The van der Waals surface area contributed by atoms with Crippen molar-refractivity contribution in [2.45, 2.75) is 24.7 Å². The van der Waals surface area contributed by atoms with Crippen LogP contribution in [0.25, 0.3) is 11.4 Å². The first-order valence-corrected chi connectivity index (χ1v) is 14.2. The number of hydrogen-bond donors (Lipinski definition) is 0. The molecule has 9 heteroatoms. The summed E-state index contributed by atoms with van der Waals surface area (Å²) in [6.45, 7) is 8.89. The Morgan fingerprint density at radius 1 is 0.953 bits per heavy atom. The summed E-state index contributed by atoms with van der Waals surface area (Å²) in [5.74, 6) is 4.22. The Bertz CT molecular complexity index is 1970. The minimum Gasteiger partial charge on any atom is -0.440 e. The maximum Gasteiger partial charge on any atom is 2.00 e. The Labute approximate surface area is 260 Å². The molecule has 0 amide bonds. The minimum atomic E-state index is -0.502. The second-order valence-corrected chi connectivity index (χ2v) is 11.2. The van der Waals surface area contributed by atoms with E-state index in [-0.39, 0.29) is 23.2 Å². The maximum atomic E-state index is 5.45. The fourth-order valence-electron chi connectivity index (χ4n) is 6.90. The van der Waals surface area contributed by atoms with Gasteiger partial charge in [0.15, 0.2) is 0 Å². The van der Waals surface area contributed by atoms with Crippen molar-refractivity contribution >= 4 is 41.1 Å². The predicted molar refractivity (Wildman–Crippen MR) is 168 cm³/mol. The molecule has 43 heavy (non-hydrogen) atoms. The molecule has 6 heterocycles. The van der Waals surface area contributed by atoms with Gasteiger partial charge in [-0.25, -0.2) is 9.98 Å². The Kier molecular flexibility index (Phi) is 5.51. The van der Waals surface area contributed by atoms with Gasteiger partial charge in [-0.3, -0.25) is 0 Å². The van der Waals surface area contributed by atoms with Crippen LogP contribution in [0.5, 0.6) is 0 Å². The summed E-state index contributed by atoms with van der Waals surface area (Å²) >= 11 is 0. The summed E-state index contributed by atoms with van der Waals surface area (Å²) in [6, 6.07) is 16.8. The van der Waals surface area contributed by atoms with Gasteiger partial charge < -0.3 is 30.1 Å². The number of fused-ring (bicyclic) bond motifs is 14. The van der Waals surface area contributed by atoms with Crippen LogP contribution in [-0.2, 0) is 29.2 Å². The molecule has 1 aromatic heterocycles. The van der Waals surface area contributed by atoms with Crippen molar-refractivity contribution in [3.8, 4) is 0 Å². The van der Waals surface area contributed by atoms with E-state index in [0.717, 1.165) is 70.0 Å². The molecule has 1 aliphatic carbocycles. The summed E-state index contributed by atoms with van der Waals surface area (Å²) < 4.78 is 0. The van der Waals surface area contributed by atoms with Gasteiger partial charge in [0.05, 0.1) is 17.8 Å². The normalized spacial score (nSPS) is 24.7. The Morgan fingerprint density at radius 2 is 1.70 bits per heavy atom. The first-order chi connectivity index (χ1) is 20.6. The third-order valence-corrected chi connectivity index (χ3v) is 9.00. The molecule has 6 aliphatic rings. The minimum absolute atomic E-state index is 0. The molecule has 2 unspecified atom stereocenters. The molecular formula is C34H26CuN8. The standard InChI is InChI=1S/C34H26N8.Cu/c1-4-19-20(5-2)28-35-27(19)36-29-21-12-6-8-14-23(21)31(38-29)41(3)33-25-16-10-11-17-26(25)34(40-33)18-42(34)32-24-15-9-7-13-22(24)30(37-28)39-32;/h4-6,8-12,14-17,31H,1-2,7,13,18H2,3H3;/q-2;+2. The fourth-order valence-corrected chi connectivity index (χ4v) is 6.90. The van der Waals surface area contributed by atoms with Crippen LogP contribution < -0.4 is 9.88 Å². The van der Waals surface area contributed by atoms with E-state index in [9.17, 15) is 0 Å². The quantitative estimate of drug-likeness (QED) is 0.267. The van der Waals surface area contributed by atoms with Gasteiger partial charge >= 0.3 is 17.1 Å². The van der Waals surface area contributed by atoms with E-state index in [1.807, 2.05) is 12.1 Å².